The standard InChI is InChI=1S/C19H19BrN2O3S/c1-3-11-4-6-13(7-5-11)21-19-22-18(24)17(26-19)9-12-8-16(25-2)15(23)10-14(12)20/h4-10,19,21,23H,3H2,1-2H3,(H,22,24)/b17-9-/t19-/m1/s1. The second-order valence-electron chi connectivity index (χ2n) is 5.72. The van der Waals surface area contributed by atoms with E-state index in [2.05, 4.69) is 45.6 Å². The van der Waals surface area contributed by atoms with Crippen LogP contribution in [0.2, 0.25) is 0 Å². The van der Waals surface area contributed by atoms with Crippen LogP contribution < -0.4 is 15.4 Å². The molecule has 136 valence electrons. The molecule has 0 aliphatic carbocycles. The van der Waals surface area contributed by atoms with E-state index in [1.54, 1.807) is 18.2 Å². The van der Waals surface area contributed by atoms with Gasteiger partial charge >= 0.3 is 0 Å². The number of rotatable bonds is 5. The molecule has 0 unspecified atom stereocenters. The Morgan fingerprint density at radius 1 is 1.35 bits per heavy atom. The molecule has 2 aromatic rings. The number of amides is 1. The minimum Gasteiger partial charge on any atom is -0.504 e. The molecule has 1 fully saturated rings. The third-order valence-electron chi connectivity index (χ3n) is 3.98. The molecule has 7 heteroatoms. The molecule has 0 radical (unpaired) electrons. The van der Waals surface area contributed by atoms with Gasteiger partial charge in [0.2, 0.25) is 0 Å². The topological polar surface area (TPSA) is 70.6 Å². The Hall–Kier alpha value is -2.12. The van der Waals surface area contributed by atoms with Crippen LogP contribution in [0.15, 0.2) is 45.8 Å². The van der Waals surface area contributed by atoms with Crippen LogP contribution in [0, 0.1) is 0 Å². The molecule has 1 amide bonds. The number of phenolic OH excluding ortho intramolecular Hbond substituents is 1. The van der Waals surface area contributed by atoms with Crippen LogP contribution in [-0.4, -0.2) is 23.6 Å². The van der Waals surface area contributed by atoms with Crippen molar-refractivity contribution in [1.29, 1.82) is 0 Å². The zero-order chi connectivity index (χ0) is 18.7. The summed E-state index contributed by atoms with van der Waals surface area (Å²) >= 11 is 4.81. The smallest absolute Gasteiger partial charge is 0.260 e. The van der Waals surface area contributed by atoms with Gasteiger partial charge in [-0.2, -0.15) is 0 Å². The number of carbonyl (C=O) groups excluding carboxylic acids is 1. The lowest BCUT2D eigenvalue weighted by Crippen LogP contribution is -2.30. The molecular weight excluding hydrogens is 416 g/mol. The van der Waals surface area contributed by atoms with Gasteiger partial charge in [-0.25, -0.2) is 0 Å². The second kappa shape index (κ2) is 8.05. The number of methoxy groups -OCH3 is 1. The van der Waals surface area contributed by atoms with Crippen LogP contribution in [0.5, 0.6) is 11.5 Å². The molecule has 1 heterocycles. The number of hydrogen-bond acceptors (Lipinski definition) is 5. The molecule has 0 saturated carbocycles. The number of aryl methyl sites for hydroxylation is 1. The lowest BCUT2D eigenvalue weighted by atomic mass is 10.1. The zero-order valence-electron chi connectivity index (χ0n) is 14.4. The van der Waals surface area contributed by atoms with E-state index in [1.165, 1.54) is 24.4 Å². The van der Waals surface area contributed by atoms with Gasteiger partial charge in [0.25, 0.3) is 5.91 Å². The molecule has 2 aromatic carbocycles. The quantitative estimate of drug-likeness (QED) is 0.611. The van der Waals surface area contributed by atoms with Gasteiger partial charge in [-0.3, -0.25) is 4.79 Å². The Labute approximate surface area is 165 Å². The second-order valence-corrected chi connectivity index (χ2v) is 7.72. The van der Waals surface area contributed by atoms with Crippen LogP contribution in [0.1, 0.15) is 18.1 Å². The van der Waals surface area contributed by atoms with Crippen molar-refractivity contribution < 1.29 is 14.6 Å². The molecule has 3 rings (SSSR count). The number of carbonyl (C=O) groups is 1. The first-order valence-corrected chi connectivity index (χ1v) is 9.78. The normalized spacial score (nSPS) is 18.0. The van der Waals surface area contributed by atoms with E-state index in [0.29, 0.717) is 15.1 Å². The highest BCUT2D eigenvalue weighted by Gasteiger charge is 2.27. The Balaban J connectivity index is 1.76. The Morgan fingerprint density at radius 3 is 2.73 bits per heavy atom. The minimum absolute atomic E-state index is 0.0418. The summed E-state index contributed by atoms with van der Waals surface area (Å²) in [6.07, 6.45) is 2.76. The number of halogens is 1. The van der Waals surface area contributed by atoms with Crippen molar-refractivity contribution in [2.45, 2.75) is 18.8 Å². The highest BCUT2D eigenvalue weighted by Crippen LogP contribution is 2.36. The van der Waals surface area contributed by atoms with Crippen molar-refractivity contribution in [2.24, 2.45) is 0 Å². The lowest BCUT2D eigenvalue weighted by molar-refractivity contribution is -0.116. The van der Waals surface area contributed by atoms with Crippen molar-refractivity contribution in [1.82, 2.24) is 5.32 Å². The van der Waals surface area contributed by atoms with E-state index in [0.717, 1.165) is 17.7 Å². The summed E-state index contributed by atoms with van der Waals surface area (Å²) < 4.78 is 5.81. The molecule has 1 atom stereocenters. The molecular formula is C19H19BrN2O3S. The summed E-state index contributed by atoms with van der Waals surface area (Å²) in [5.41, 5.74) is 2.74. The molecule has 0 bridgehead atoms. The first kappa shape index (κ1) is 18.7. The number of ether oxygens (including phenoxy) is 1. The van der Waals surface area contributed by atoms with Gasteiger partial charge in [-0.15, -0.1) is 0 Å². The summed E-state index contributed by atoms with van der Waals surface area (Å²) in [6.45, 7) is 2.11. The molecule has 3 N–H and O–H groups in total. The lowest BCUT2D eigenvalue weighted by Gasteiger charge is -2.13. The van der Waals surface area contributed by atoms with Crippen LogP contribution in [0.3, 0.4) is 0 Å². The number of thioether (sulfide) groups is 1. The van der Waals surface area contributed by atoms with Crippen molar-refractivity contribution >= 4 is 45.4 Å². The largest absolute Gasteiger partial charge is 0.504 e. The summed E-state index contributed by atoms with van der Waals surface area (Å²) in [6, 6.07) is 11.4. The maximum atomic E-state index is 12.3. The molecule has 0 spiro atoms. The number of anilines is 1. The molecule has 1 saturated heterocycles. The Morgan fingerprint density at radius 2 is 2.08 bits per heavy atom. The van der Waals surface area contributed by atoms with Crippen LogP contribution in [-0.2, 0) is 11.2 Å². The predicted molar refractivity (Wildman–Crippen MR) is 109 cm³/mol. The Kier molecular flexibility index (Phi) is 5.78. The predicted octanol–water partition coefficient (Wildman–Crippen LogP) is 4.33. The number of aromatic hydroxyl groups is 1. The van der Waals surface area contributed by atoms with Crippen molar-refractivity contribution in [3.05, 3.63) is 56.9 Å². The van der Waals surface area contributed by atoms with Crippen LogP contribution >= 0.6 is 27.7 Å². The fourth-order valence-corrected chi connectivity index (χ4v) is 3.95. The third-order valence-corrected chi connectivity index (χ3v) is 5.69. The number of benzene rings is 2. The highest BCUT2D eigenvalue weighted by molar-refractivity contribution is 9.10. The van der Waals surface area contributed by atoms with Crippen LogP contribution in [0.4, 0.5) is 5.69 Å². The average Bonchev–Trinajstić information content (AvgIpc) is 2.97. The van der Waals surface area contributed by atoms with Gasteiger partial charge in [-0.05, 0) is 47.9 Å². The van der Waals surface area contributed by atoms with Gasteiger partial charge in [0.05, 0.1) is 12.0 Å². The van der Waals surface area contributed by atoms with E-state index in [-0.39, 0.29) is 17.2 Å². The monoisotopic (exact) mass is 434 g/mol. The van der Waals surface area contributed by atoms with Gasteiger partial charge < -0.3 is 20.5 Å². The first-order valence-electron chi connectivity index (χ1n) is 8.11. The van der Waals surface area contributed by atoms with Gasteiger partial charge in [0.15, 0.2) is 17.0 Å². The first-order chi connectivity index (χ1) is 12.5. The summed E-state index contributed by atoms with van der Waals surface area (Å²) in [5.74, 6) is 0.255. The molecule has 0 aromatic heterocycles. The van der Waals surface area contributed by atoms with E-state index >= 15 is 0 Å². The fourth-order valence-electron chi connectivity index (χ4n) is 2.53. The zero-order valence-corrected chi connectivity index (χ0v) is 16.8. The maximum absolute atomic E-state index is 12.3. The average molecular weight is 435 g/mol. The number of nitrogens with one attached hydrogen (secondary N) is 2. The summed E-state index contributed by atoms with van der Waals surface area (Å²) in [4.78, 5) is 12.9. The van der Waals surface area contributed by atoms with E-state index in [1.807, 2.05) is 12.1 Å². The molecule has 1 aliphatic rings. The minimum atomic E-state index is -0.237. The summed E-state index contributed by atoms with van der Waals surface area (Å²) in [7, 11) is 1.49. The van der Waals surface area contributed by atoms with E-state index < -0.39 is 0 Å². The molecule has 26 heavy (non-hydrogen) atoms. The van der Waals surface area contributed by atoms with Crippen molar-refractivity contribution in [3.63, 3.8) is 0 Å². The molecule has 5 nitrogen and oxygen atoms in total. The van der Waals surface area contributed by atoms with Gasteiger partial charge in [-0.1, -0.05) is 46.7 Å². The Bertz CT molecular complexity index is 853. The third kappa shape index (κ3) is 4.16. The van der Waals surface area contributed by atoms with Gasteiger partial charge in [0.1, 0.15) is 0 Å². The highest BCUT2D eigenvalue weighted by atomic mass is 79.9. The fraction of sp³-hybridized carbons (Fsp3) is 0.211. The van der Waals surface area contributed by atoms with Crippen LogP contribution in [0.25, 0.3) is 6.08 Å². The van der Waals surface area contributed by atoms with Crippen molar-refractivity contribution in [3.8, 4) is 11.5 Å². The molecule has 1 aliphatic heterocycles. The van der Waals surface area contributed by atoms with Gasteiger partial charge in [0, 0.05) is 10.2 Å². The summed E-state index contributed by atoms with van der Waals surface area (Å²) in [5, 5.41) is 16.0. The van der Waals surface area contributed by atoms with E-state index in [9.17, 15) is 9.90 Å². The van der Waals surface area contributed by atoms with Crippen molar-refractivity contribution in [2.75, 3.05) is 12.4 Å². The SMILES string of the molecule is CCc1ccc(N[C@@H]2NC(=O)/C(=C/c3cc(OC)c(O)cc3Br)S2)cc1. The maximum Gasteiger partial charge on any atom is 0.260 e. The van der Waals surface area contributed by atoms with E-state index in [4.69, 9.17) is 4.74 Å². The number of phenols is 1. The number of hydrogen-bond donors (Lipinski definition) is 3.